The zero-order valence-corrected chi connectivity index (χ0v) is 13.2. The van der Waals surface area contributed by atoms with Crippen LogP contribution in [0.2, 0.25) is 0 Å². The number of benzene rings is 3. The molecule has 1 heterocycles. The SMILES string of the molecule is Brc1cccc(-c2cccc(-n3nnc4ccccc43)c2)c1. The van der Waals surface area contributed by atoms with Crippen LogP contribution in [0.25, 0.3) is 27.8 Å². The number of rotatable bonds is 2. The van der Waals surface area contributed by atoms with E-state index in [-0.39, 0.29) is 0 Å². The van der Waals surface area contributed by atoms with Gasteiger partial charge in [-0.1, -0.05) is 57.5 Å². The molecule has 0 saturated carbocycles. The summed E-state index contributed by atoms with van der Waals surface area (Å²) < 4.78 is 2.94. The molecule has 0 aliphatic carbocycles. The Morgan fingerprint density at radius 2 is 1.55 bits per heavy atom. The van der Waals surface area contributed by atoms with E-state index in [4.69, 9.17) is 0 Å². The molecule has 0 radical (unpaired) electrons. The van der Waals surface area contributed by atoms with E-state index in [1.165, 1.54) is 5.56 Å². The molecule has 0 spiro atoms. The van der Waals surface area contributed by atoms with Crippen molar-refractivity contribution in [2.24, 2.45) is 0 Å². The van der Waals surface area contributed by atoms with E-state index >= 15 is 0 Å². The van der Waals surface area contributed by atoms with E-state index in [9.17, 15) is 0 Å². The summed E-state index contributed by atoms with van der Waals surface area (Å²) in [6.07, 6.45) is 0. The number of nitrogens with zero attached hydrogens (tertiary/aromatic N) is 3. The van der Waals surface area contributed by atoms with Crippen molar-refractivity contribution in [2.45, 2.75) is 0 Å². The van der Waals surface area contributed by atoms with Crippen molar-refractivity contribution < 1.29 is 0 Å². The lowest BCUT2D eigenvalue weighted by Gasteiger charge is -2.06. The molecule has 4 aromatic rings. The average Bonchev–Trinajstić information content (AvgIpc) is 2.99. The maximum absolute atomic E-state index is 4.28. The van der Waals surface area contributed by atoms with Crippen LogP contribution in [0.15, 0.2) is 77.3 Å². The molecule has 0 fully saturated rings. The fourth-order valence-electron chi connectivity index (χ4n) is 2.54. The van der Waals surface area contributed by atoms with Crippen molar-refractivity contribution in [3.05, 3.63) is 77.3 Å². The highest BCUT2D eigenvalue weighted by Crippen LogP contribution is 2.25. The molecule has 22 heavy (non-hydrogen) atoms. The molecule has 0 atom stereocenters. The summed E-state index contributed by atoms with van der Waals surface area (Å²) in [5, 5.41) is 8.49. The summed E-state index contributed by atoms with van der Waals surface area (Å²) in [7, 11) is 0. The van der Waals surface area contributed by atoms with Crippen LogP contribution in [-0.4, -0.2) is 15.0 Å². The van der Waals surface area contributed by atoms with E-state index in [0.717, 1.165) is 26.8 Å². The molecule has 4 heteroatoms. The molecule has 4 rings (SSSR count). The quantitative estimate of drug-likeness (QED) is 0.517. The lowest BCUT2D eigenvalue weighted by Crippen LogP contribution is -1.96. The van der Waals surface area contributed by atoms with Crippen molar-refractivity contribution in [1.82, 2.24) is 15.0 Å². The molecular formula is C18H12BrN3. The van der Waals surface area contributed by atoms with Gasteiger partial charge in [0.2, 0.25) is 0 Å². The second-order valence-corrected chi connectivity index (χ2v) is 5.97. The highest BCUT2D eigenvalue weighted by Gasteiger charge is 2.07. The normalized spacial score (nSPS) is 11.0. The number of para-hydroxylation sites is 1. The van der Waals surface area contributed by atoms with Crippen LogP contribution in [0, 0.1) is 0 Å². The standard InChI is InChI=1S/C18H12BrN3/c19-15-7-3-5-13(11-15)14-6-4-8-16(12-14)22-18-10-2-1-9-17(18)20-21-22/h1-12H. The summed E-state index contributed by atoms with van der Waals surface area (Å²) in [5.41, 5.74) is 5.23. The van der Waals surface area contributed by atoms with Gasteiger partial charge < -0.3 is 0 Å². The fourth-order valence-corrected chi connectivity index (χ4v) is 2.94. The van der Waals surface area contributed by atoms with Crippen LogP contribution in [0.3, 0.4) is 0 Å². The summed E-state index contributed by atoms with van der Waals surface area (Å²) in [6, 6.07) is 24.6. The van der Waals surface area contributed by atoms with E-state index < -0.39 is 0 Å². The van der Waals surface area contributed by atoms with Gasteiger partial charge >= 0.3 is 0 Å². The van der Waals surface area contributed by atoms with Crippen LogP contribution in [0.1, 0.15) is 0 Å². The van der Waals surface area contributed by atoms with Gasteiger partial charge in [0, 0.05) is 4.47 Å². The minimum atomic E-state index is 0.898. The van der Waals surface area contributed by atoms with Gasteiger partial charge in [-0.25, -0.2) is 4.68 Å². The zero-order chi connectivity index (χ0) is 14.9. The van der Waals surface area contributed by atoms with Crippen LogP contribution in [-0.2, 0) is 0 Å². The first-order valence-corrected chi connectivity index (χ1v) is 7.77. The number of halogens is 1. The lowest BCUT2D eigenvalue weighted by molar-refractivity contribution is 0.824. The smallest absolute Gasteiger partial charge is 0.113 e. The second kappa shape index (κ2) is 5.39. The third-order valence-corrected chi connectivity index (χ3v) is 4.09. The van der Waals surface area contributed by atoms with Gasteiger partial charge in [0.1, 0.15) is 5.52 Å². The first-order valence-electron chi connectivity index (χ1n) is 6.98. The molecule has 1 aromatic heterocycles. The maximum Gasteiger partial charge on any atom is 0.113 e. The van der Waals surface area contributed by atoms with Crippen LogP contribution < -0.4 is 0 Å². The molecule has 3 aromatic carbocycles. The molecule has 0 unspecified atom stereocenters. The Morgan fingerprint density at radius 3 is 2.41 bits per heavy atom. The summed E-state index contributed by atoms with van der Waals surface area (Å²) >= 11 is 3.52. The Labute approximate surface area is 136 Å². The number of fused-ring (bicyclic) bond motifs is 1. The lowest BCUT2D eigenvalue weighted by atomic mass is 10.1. The number of hydrogen-bond acceptors (Lipinski definition) is 2. The zero-order valence-electron chi connectivity index (χ0n) is 11.6. The van der Waals surface area contributed by atoms with Crippen molar-refractivity contribution in [2.75, 3.05) is 0 Å². The minimum absolute atomic E-state index is 0.898. The largest absolute Gasteiger partial charge is 0.213 e. The first kappa shape index (κ1) is 13.2. The minimum Gasteiger partial charge on any atom is -0.213 e. The Balaban J connectivity index is 1.85. The highest BCUT2D eigenvalue weighted by molar-refractivity contribution is 9.10. The van der Waals surface area contributed by atoms with Gasteiger partial charge in [0.05, 0.1) is 11.2 Å². The molecule has 0 aliphatic heterocycles. The molecule has 0 saturated heterocycles. The van der Waals surface area contributed by atoms with Crippen molar-refractivity contribution in [3.8, 4) is 16.8 Å². The molecule has 0 aliphatic rings. The Morgan fingerprint density at radius 1 is 0.773 bits per heavy atom. The van der Waals surface area contributed by atoms with Crippen LogP contribution in [0.4, 0.5) is 0 Å². The molecule has 106 valence electrons. The van der Waals surface area contributed by atoms with E-state index in [1.807, 2.05) is 53.2 Å². The van der Waals surface area contributed by atoms with Crippen LogP contribution in [0.5, 0.6) is 0 Å². The Bertz CT molecular complexity index is 959. The predicted molar refractivity (Wildman–Crippen MR) is 92.0 cm³/mol. The summed E-state index contributed by atoms with van der Waals surface area (Å²) in [6.45, 7) is 0. The number of aromatic nitrogens is 3. The van der Waals surface area contributed by atoms with E-state index in [1.54, 1.807) is 0 Å². The predicted octanol–water partition coefficient (Wildman–Crippen LogP) is 4.85. The van der Waals surface area contributed by atoms with Crippen LogP contribution >= 0.6 is 15.9 Å². The fraction of sp³-hybridized carbons (Fsp3) is 0. The highest BCUT2D eigenvalue weighted by atomic mass is 79.9. The van der Waals surface area contributed by atoms with Gasteiger partial charge in [-0.3, -0.25) is 0 Å². The van der Waals surface area contributed by atoms with Gasteiger partial charge in [-0.2, -0.15) is 0 Å². The molecule has 0 amide bonds. The van der Waals surface area contributed by atoms with E-state index in [0.29, 0.717) is 0 Å². The molecule has 3 nitrogen and oxygen atoms in total. The van der Waals surface area contributed by atoms with E-state index in [2.05, 4.69) is 50.5 Å². The van der Waals surface area contributed by atoms with Gasteiger partial charge in [0.15, 0.2) is 0 Å². The van der Waals surface area contributed by atoms with Gasteiger partial charge in [-0.05, 0) is 47.5 Å². The van der Waals surface area contributed by atoms with Crippen molar-refractivity contribution in [3.63, 3.8) is 0 Å². The third kappa shape index (κ3) is 2.31. The van der Waals surface area contributed by atoms with Gasteiger partial charge in [-0.15, -0.1) is 5.10 Å². The monoisotopic (exact) mass is 349 g/mol. The molecule has 0 N–H and O–H groups in total. The van der Waals surface area contributed by atoms with Gasteiger partial charge in [0.25, 0.3) is 0 Å². The van der Waals surface area contributed by atoms with Crippen molar-refractivity contribution in [1.29, 1.82) is 0 Å². The average molecular weight is 350 g/mol. The number of hydrogen-bond donors (Lipinski definition) is 0. The maximum atomic E-state index is 4.28. The first-order chi connectivity index (χ1) is 10.8. The molecular weight excluding hydrogens is 338 g/mol. The topological polar surface area (TPSA) is 30.7 Å². The molecule has 0 bridgehead atoms. The third-order valence-electron chi connectivity index (χ3n) is 3.60. The Hall–Kier alpha value is -2.46. The second-order valence-electron chi connectivity index (χ2n) is 5.05. The van der Waals surface area contributed by atoms with Crippen molar-refractivity contribution >= 4 is 27.0 Å². The Kier molecular flexibility index (Phi) is 3.24. The summed E-state index contributed by atoms with van der Waals surface area (Å²) in [5.74, 6) is 0. The summed E-state index contributed by atoms with van der Waals surface area (Å²) in [4.78, 5) is 0.